The van der Waals surface area contributed by atoms with Crippen LogP contribution in [0.15, 0.2) is 11.6 Å². The van der Waals surface area contributed by atoms with Crippen molar-refractivity contribution in [2.24, 2.45) is 11.3 Å². The Bertz CT molecular complexity index is 770. The van der Waals surface area contributed by atoms with Gasteiger partial charge in [0.2, 0.25) is 17.7 Å². The zero-order valence-electron chi connectivity index (χ0n) is 23.0. The van der Waals surface area contributed by atoms with E-state index in [2.05, 4.69) is 31.0 Å². The Morgan fingerprint density at radius 2 is 1.71 bits per heavy atom. The Hall–Kier alpha value is -1.89. The summed E-state index contributed by atoms with van der Waals surface area (Å²) in [4.78, 5) is 45.7. The van der Waals surface area contributed by atoms with E-state index in [9.17, 15) is 14.4 Å². The third-order valence-electron chi connectivity index (χ3n) is 7.52. The fourth-order valence-corrected chi connectivity index (χ4v) is 5.18. The summed E-state index contributed by atoms with van der Waals surface area (Å²) in [6.07, 6.45) is 6.95. The molecule has 2 aliphatic rings. The highest BCUT2D eigenvalue weighted by Crippen LogP contribution is 2.26. The number of likely N-dealkylation sites (tertiary alicyclic amines) is 2. The molecule has 0 spiro atoms. The maximum atomic E-state index is 13.8. The minimum Gasteiger partial charge on any atom is -0.342 e. The second-order valence-corrected chi connectivity index (χ2v) is 11.8. The number of amides is 3. The highest BCUT2D eigenvalue weighted by atomic mass is 16.2. The number of hydrogen-bond acceptors (Lipinski definition) is 4. The highest BCUT2D eigenvalue weighted by Gasteiger charge is 2.39. The molecule has 34 heavy (non-hydrogen) atoms. The summed E-state index contributed by atoms with van der Waals surface area (Å²) in [5, 5.41) is 3.09. The number of nitrogens with zero attached hydrogens (tertiary/aromatic N) is 3. The summed E-state index contributed by atoms with van der Waals surface area (Å²) < 4.78 is 0. The van der Waals surface area contributed by atoms with E-state index in [-0.39, 0.29) is 41.8 Å². The van der Waals surface area contributed by atoms with E-state index >= 15 is 0 Å². The van der Waals surface area contributed by atoms with E-state index in [0.29, 0.717) is 5.57 Å². The first-order chi connectivity index (χ1) is 15.8. The van der Waals surface area contributed by atoms with Crippen molar-refractivity contribution in [1.29, 1.82) is 0 Å². The third kappa shape index (κ3) is 6.83. The van der Waals surface area contributed by atoms with E-state index in [1.54, 1.807) is 11.9 Å². The molecule has 2 heterocycles. The van der Waals surface area contributed by atoms with Crippen LogP contribution in [0.1, 0.15) is 80.6 Å². The number of carbonyl (C=O) groups is 3. The molecule has 7 nitrogen and oxygen atoms in total. The van der Waals surface area contributed by atoms with Gasteiger partial charge in [-0.1, -0.05) is 47.1 Å². The molecule has 194 valence electrons. The molecule has 2 aliphatic heterocycles. The van der Waals surface area contributed by atoms with Gasteiger partial charge in [-0.2, -0.15) is 0 Å². The standard InChI is InChI=1S/C27H48N4O3/c1-18(2)22(17-19(3)25(33)31-16-12-13-20(31)4)30(9)26(34)23(27(5,6)7)28-24(32)21-14-10-11-15-29(21)8/h17-18,20-23H,10-16H2,1-9H3,(H,28,32)/b19-17+/t20-,21?,22?,23?/m1/s1. The lowest BCUT2D eigenvalue weighted by atomic mass is 9.84. The second-order valence-electron chi connectivity index (χ2n) is 11.8. The average Bonchev–Trinajstić information content (AvgIpc) is 3.19. The minimum atomic E-state index is -0.649. The number of piperidine rings is 1. The van der Waals surface area contributed by atoms with Crippen LogP contribution < -0.4 is 5.32 Å². The summed E-state index contributed by atoms with van der Waals surface area (Å²) >= 11 is 0. The lowest BCUT2D eigenvalue weighted by molar-refractivity contribution is -0.141. The van der Waals surface area contributed by atoms with Crippen LogP contribution in [0.25, 0.3) is 0 Å². The van der Waals surface area contributed by atoms with Gasteiger partial charge >= 0.3 is 0 Å². The van der Waals surface area contributed by atoms with Crippen LogP contribution in [-0.4, -0.2) is 83.8 Å². The Kier molecular flexibility index (Phi) is 9.75. The van der Waals surface area contributed by atoms with Gasteiger partial charge in [-0.05, 0) is 64.5 Å². The summed E-state index contributed by atoms with van der Waals surface area (Å²) in [7, 11) is 3.77. The number of nitrogens with one attached hydrogen (secondary N) is 1. The SMILES string of the molecule is C/C(=C\C(C(C)C)N(C)C(=O)C(NC(=O)C1CCCCN1C)C(C)(C)C)C(=O)N1CCC[C@H]1C. The summed E-state index contributed by atoms with van der Waals surface area (Å²) in [6, 6.07) is -0.830. The fraction of sp³-hybridized carbons (Fsp3) is 0.815. The first-order valence-corrected chi connectivity index (χ1v) is 13.0. The van der Waals surface area contributed by atoms with E-state index < -0.39 is 11.5 Å². The van der Waals surface area contributed by atoms with E-state index in [1.807, 2.05) is 45.7 Å². The number of likely N-dealkylation sites (N-methyl/N-ethyl adjacent to an activating group) is 2. The number of carbonyl (C=O) groups excluding carboxylic acids is 3. The van der Waals surface area contributed by atoms with Crippen LogP contribution >= 0.6 is 0 Å². The van der Waals surface area contributed by atoms with Gasteiger partial charge in [-0.15, -0.1) is 0 Å². The molecule has 7 heteroatoms. The average molecular weight is 477 g/mol. The molecule has 0 radical (unpaired) electrons. The van der Waals surface area contributed by atoms with Crippen LogP contribution in [0, 0.1) is 11.3 Å². The van der Waals surface area contributed by atoms with Crippen molar-refractivity contribution in [3.05, 3.63) is 11.6 Å². The lowest BCUT2D eigenvalue weighted by Crippen LogP contribution is -2.59. The van der Waals surface area contributed by atoms with Crippen LogP contribution in [0.4, 0.5) is 0 Å². The smallest absolute Gasteiger partial charge is 0.249 e. The molecule has 0 saturated carbocycles. The fourth-order valence-electron chi connectivity index (χ4n) is 5.18. The van der Waals surface area contributed by atoms with Crippen LogP contribution in [-0.2, 0) is 14.4 Å². The number of hydrogen-bond donors (Lipinski definition) is 1. The molecule has 0 aromatic rings. The molecule has 2 saturated heterocycles. The van der Waals surface area contributed by atoms with Crippen molar-refractivity contribution < 1.29 is 14.4 Å². The van der Waals surface area contributed by atoms with Crippen molar-refractivity contribution in [1.82, 2.24) is 20.0 Å². The minimum absolute atomic E-state index is 0.0532. The van der Waals surface area contributed by atoms with E-state index in [1.165, 1.54) is 0 Å². The predicted molar refractivity (Wildman–Crippen MR) is 137 cm³/mol. The van der Waals surface area contributed by atoms with Gasteiger partial charge in [0, 0.05) is 25.2 Å². The molecule has 4 atom stereocenters. The molecule has 0 aromatic carbocycles. The van der Waals surface area contributed by atoms with Gasteiger partial charge in [0.1, 0.15) is 6.04 Å². The highest BCUT2D eigenvalue weighted by molar-refractivity contribution is 5.94. The summed E-state index contributed by atoms with van der Waals surface area (Å²) in [6.45, 7) is 15.7. The summed E-state index contributed by atoms with van der Waals surface area (Å²) in [5.74, 6) is -0.0232. The first kappa shape index (κ1) is 28.3. The molecule has 2 rings (SSSR count). The Balaban J connectivity index is 2.22. The predicted octanol–water partition coefficient (Wildman–Crippen LogP) is 3.44. The van der Waals surface area contributed by atoms with Gasteiger partial charge in [0.05, 0.1) is 12.1 Å². The van der Waals surface area contributed by atoms with Crippen LogP contribution in [0.3, 0.4) is 0 Å². The van der Waals surface area contributed by atoms with Crippen molar-refractivity contribution in [2.75, 3.05) is 27.2 Å². The van der Waals surface area contributed by atoms with Crippen molar-refractivity contribution in [2.45, 2.75) is 105 Å². The van der Waals surface area contributed by atoms with Crippen LogP contribution in [0.5, 0.6) is 0 Å². The van der Waals surface area contributed by atoms with Crippen molar-refractivity contribution in [3.63, 3.8) is 0 Å². The molecule has 2 fully saturated rings. The molecule has 0 aromatic heterocycles. The molecule has 1 N–H and O–H groups in total. The molecule has 3 amide bonds. The zero-order valence-corrected chi connectivity index (χ0v) is 23.0. The Morgan fingerprint density at radius 3 is 2.21 bits per heavy atom. The number of rotatable bonds is 7. The molecule has 3 unspecified atom stereocenters. The molecular weight excluding hydrogens is 428 g/mol. The largest absolute Gasteiger partial charge is 0.342 e. The van der Waals surface area contributed by atoms with Gasteiger partial charge in [-0.25, -0.2) is 0 Å². The van der Waals surface area contributed by atoms with Gasteiger partial charge in [0.25, 0.3) is 0 Å². The Morgan fingerprint density at radius 1 is 1.06 bits per heavy atom. The maximum absolute atomic E-state index is 13.8. The third-order valence-corrected chi connectivity index (χ3v) is 7.52. The van der Waals surface area contributed by atoms with Gasteiger partial charge in [-0.3, -0.25) is 19.3 Å². The maximum Gasteiger partial charge on any atom is 0.249 e. The van der Waals surface area contributed by atoms with Gasteiger partial charge < -0.3 is 15.1 Å². The van der Waals surface area contributed by atoms with Crippen molar-refractivity contribution >= 4 is 17.7 Å². The molecular formula is C27H48N4O3. The molecule has 0 bridgehead atoms. The van der Waals surface area contributed by atoms with Gasteiger partial charge in [0.15, 0.2) is 0 Å². The lowest BCUT2D eigenvalue weighted by Gasteiger charge is -2.39. The normalized spacial score (nSPS) is 24.2. The van der Waals surface area contributed by atoms with E-state index in [0.717, 1.165) is 45.2 Å². The first-order valence-electron chi connectivity index (χ1n) is 13.0. The summed E-state index contributed by atoms with van der Waals surface area (Å²) in [5.41, 5.74) is 0.224. The quantitative estimate of drug-likeness (QED) is 0.572. The van der Waals surface area contributed by atoms with E-state index in [4.69, 9.17) is 0 Å². The zero-order chi connectivity index (χ0) is 25.8. The topological polar surface area (TPSA) is 73.0 Å². The monoisotopic (exact) mass is 476 g/mol. The Labute approximate surface area is 207 Å². The van der Waals surface area contributed by atoms with Crippen LogP contribution in [0.2, 0.25) is 0 Å². The molecule has 0 aliphatic carbocycles. The second kappa shape index (κ2) is 11.7. The van der Waals surface area contributed by atoms with Crippen molar-refractivity contribution in [3.8, 4) is 0 Å².